The van der Waals surface area contributed by atoms with Crippen molar-refractivity contribution in [3.05, 3.63) is 58.9 Å². The maximum absolute atomic E-state index is 12.0. The summed E-state index contributed by atoms with van der Waals surface area (Å²) in [4.78, 5) is 26.6. The van der Waals surface area contributed by atoms with Crippen LogP contribution in [0.15, 0.2) is 36.4 Å². The third-order valence-corrected chi connectivity index (χ3v) is 2.97. The number of hydrogen-bond acceptors (Lipinski definition) is 3. The first kappa shape index (κ1) is 13.7. The van der Waals surface area contributed by atoms with Gasteiger partial charge in [-0.05, 0) is 49.2 Å². The second-order valence-corrected chi connectivity index (χ2v) is 4.47. The summed E-state index contributed by atoms with van der Waals surface area (Å²) in [7, 11) is 0. The lowest BCUT2D eigenvalue weighted by atomic mass is 10.1. The van der Waals surface area contributed by atoms with Crippen molar-refractivity contribution in [2.24, 2.45) is 0 Å². The number of carboxylic acids is 1. The van der Waals surface area contributed by atoms with E-state index in [0.717, 1.165) is 11.1 Å². The van der Waals surface area contributed by atoms with Crippen LogP contribution < -0.4 is 5.32 Å². The number of hydrogen-bond donors (Lipinski definition) is 2. The molecule has 2 N–H and O–H groups in total. The zero-order valence-electron chi connectivity index (χ0n) is 11.2. The lowest BCUT2D eigenvalue weighted by molar-refractivity contribution is 0.0690. The Balaban J connectivity index is 2.21. The van der Waals surface area contributed by atoms with Gasteiger partial charge in [-0.1, -0.05) is 12.1 Å². The van der Waals surface area contributed by atoms with Crippen LogP contribution in [0.1, 0.15) is 32.1 Å². The molecule has 0 aliphatic heterocycles. The number of benzene rings is 1. The van der Waals surface area contributed by atoms with Crippen LogP contribution in [-0.4, -0.2) is 22.0 Å². The monoisotopic (exact) mass is 270 g/mol. The third kappa shape index (κ3) is 3.00. The molecule has 102 valence electrons. The highest BCUT2D eigenvalue weighted by Crippen LogP contribution is 2.15. The zero-order chi connectivity index (χ0) is 14.7. The van der Waals surface area contributed by atoms with Crippen molar-refractivity contribution >= 4 is 17.6 Å². The van der Waals surface area contributed by atoms with Crippen LogP contribution in [0.2, 0.25) is 0 Å². The molecule has 0 radical (unpaired) electrons. The molecule has 0 saturated carbocycles. The van der Waals surface area contributed by atoms with Gasteiger partial charge in [-0.2, -0.15) is 0 Å². The van der Waals surface area contributed by atoms with Gasteiger partial charge in [-0.25, -0.2) is 9.78 Å². The van der Waals surface area contributed by atoms with E-state index in [0.29, 0.717) is 5.69 Å². The van der Waals surface area contributed by atoms with E-state index < -0.39 is 11.9 Å². The van der Waals surface area contributed by atoms with Gasteiger partial charge in [-0.15, -0.1) is 0 Å². The number of pyridine rings is 1. The summed E-state index contributed by atoms with van der Waals surface area (Å²) in [5.74, 6) is -1.60. The van der Waals surface area contributed by atoms with Crippen molar-refractivity contribution in [2.45, 2.75) is 13.8 Å². The topological polar surface area (TPSA) is 79.3 Å². The molecule has 0 aliphatic rings. The predicted molar refractivity (Wildman–Crippen MR) is 75.1 cm³/mol. The molecule has 0 bridgehead atoms. The van der Waals surface area contributed by atoms with Crippen LogP contribution in [0.25, 0.3) is 0 Å². The number of aromatic nitrogens is 1. The normalized spacial score (nSPS) is 10.1. The summed E-state index contributed by atoms with van der Waals surface area (Å²) < 4.78 is 0. The van der Waals surface area contributed by atoms with Crippen LogP contribution >= 0.6 is 0 Å². The van der Waals surface area contributed by atoms with E-state index in [1.807, 2.05) is 26.0 Å². The zero-order valence-corrected chi connectivity index (χ0v) is 11.2. The minimum atomic E-state index is -1.16. The largest absolute Gasteiger partial charge is 0.477 e. The molecular formula is C15H14N2O3. The number of carbonyl (C=O) groups excluding carboxylic acids is 1. The Bertz CT molecular complexity index is 681. The Morgan fingerprint density at radius 3 is 2.40 bits per heavy atom. The molecular weight excluding hydrogens is 256 g/mol. The third-order valence-electron chi connectivity index (χ3n) is 2.97. The second-order valence-electron chi connectivity index (χ2n) is 4.47. The molecule has 0 spiro atoms. The van der Waals surface area contributed by atoms with Gasteiger partial charge in [0.1, 0.15) is 11.4 Å². The SMILES string of the molecule is Cc1ccc(NC(=O)c2cccc(C(=O)O)n2)cc1C. The molecule has 2 rings (SSSR count). The minimum absolute atomic E-state index is 0.0723. The lowest BCUT2D eigenvalue weighted by Crippen LogP contribution is -2.15. The van der Waals surface area contributed by atoms with Crippen molar-refractivity contribution in [3.8, 4) is 0 Å². The summed E-state index contributed by atoms with van der Waals surface area (Å²) in [5, 5.41) is 11.6. The van der Waals surface area contributed by atoms with Crippen LogP contribution in [-0.2, 0) is 0 Å². The van der Waals surface area contributed by atoms with Gasteiger partial charge in [0.25, 0.3) is 5.91 Å². The Kier molecular flexibility index (Phi) is 3.79. The highest BCUT2D eigenvalue weighted by atomic mass is 16.4. The van der Waals surface area contributed by atoms with Crippen molar-refractivity contribution in [1.29, 1.82) is 0 Å². The number of aromatic carboxylic acids is 1. The highest BCUT2D eigenvalue weighted by molar-refractivity contribution is 6.03. The molecule has 0 saturated heterocycles. The predicted octanol–water partition coefficient (Wildman–Crippen LogP) is 2.65. The van der Waals surface area contributed by atoms with Crippen LogP contribution in [0, 0.1) is 13.8 Å². The summed E-state index contributed by atoms with van der Waals surface area (Å²) >= 11 is 0. The van der Waals surface area contributed by atoms with Gasteiger partial charge in [-0.3, -0.25) is 4.79 Å². The van der Waals surface area contributed by atoms with E-state index in [-0.39, 0.29) is 11.4 Å². The first-order valence-corrected chi connectivity index (χ1v) is 6.06. The molecule has 0 atom stereocenters. The first-order chi connectivity index (χ1) is 9.47. The number of anilines is 1. The Morgan fingerprint density at radius 2 is 1.75 bits per heavy atom. The summed E-state index contributed by atoms with van der Waals surface area (Å²) in [6, 6.07) is 9.87. The van der Waals surface area contributed by atoms with E-state index in [2.05, 4.69) is 10.3 Å². The Labute approximate surface area is 116 Å². The molecule has 1 heterocycles. The fourth-order valence-electron chi connectivity index (χ4n) is 1.69. The maximum Gasteiger partial charge on any atom is 0.354 e. The molecule has 5 heteroatoms. The highest BCUT2D eigenvalue weighted by Gasteiger charge is 2.11. The fraction of sp³-hybridized carbons (Fsp3) is 0.133. The van der Waals surface area contributed by atoms with Gasteiger partial charge < -0.3 is 10.4 Å². The average Bonchev–Trinajstić information content (AvgIpc) is 2.43. The second kappa shape index (κ2) is 5.52. The molecule has 0 fully saturated rings. The molecule has 2 aromatic rings. The van der Waals surface area contributed by atoms with Gasteiger partial charge in [0, 0.05) is 5.69 Å². The van der Waals surface area contributed by atoms with Crippen molar-refractivity contribution in [1.82, 2.24) is 4.98 Å². The minimum Gasteiger partial charge on any atom is -0.477 e. The average molecular weight is 270 g/mol. The van der Waals surface area contributed by atoms with E-state index >= 15 is 0 Å². The van der Waals surface area contributed by atoms with Gasteiger partial charge in [0.05, 0.1) is 0 Å². The number of amides is 1. The van der Waals surface area contributed by atoms with E-state index in [9.17, 15) is 9.59 Å². The molecule has 20 heavy (non-hydrogen) atoms. The molecule has 1 aromatic heterocycles. The summed E-state index contributed by atoms with van der Waals surface area (Å²) in [6.07, 6.45) is 0. The Hall–Kier alpha value is -2.69. The molecule has 1 aromatic carbocycles. The number of nitrogens with one attached hydrogen (secondary N) is 1. The quantitative estimate of drug-likeness (QED) is 0.898. The summed E-state index contributed by atoms with van der Waals surface area (Å²) in [6.45, 7) is 3.94. The molecule has 1 amide bonds. The van der Waals surface area contributed by atoms with E-state index in [1.165, 1.54) is 18.2 Å². The number of rotatable bonds is 3. The molecule has 5 nitrogen and oxygen atoms in total. The lowest BCUT2D eigenvalue weighted by Gasteiger charge is -2.07. The molecule has 0 aliphatic carbocycles. The van der Waals surface area contributed by atoms with Crippen molar-refractivity contribution in [3.63, 3.8) is 0 Å². The molecule has 0 unspecified atom stereocenters. The van der Waals surface area contributed by atoms with Crippen LogP contribution in [0.3, 0.4) is 0 Å². The maximum atomic E-state index is 12.0. The van der Waals surface area contributed by atoms with Crippen LogP contribution in [0.4, 0.5) is 5.69 Å². The van der Waals surface area contributed by atoms with Gasteiger partial charge >= 0.3 is 5.97 Å². The first-order valence-electron chi connectivity index (χ1n) is 6.06. The number of carboxylic acid groups (broad SMARTS) is 1. The van der Waals surface area contributed by atoms with Gasteiger partial charge in [0.2, 0.25) is 0 Å². The number of nitrogens with zero attached hydrogens (tertiary/aromatic N) is 1. The fourth-order valence-corrected chi connectivity index (χ4v) is 1.69. The van der Waals surface area contributed by atoms with E-state index in [1.54, 1.807) is 6.07 Å². The smallest absolute Gasteiger partial charge is 0.354 e. The van der Waals surface area contributed by atoms with Crippen molar-refractivity contribution < 1.29 is 14.7 Å². The number of carbonyl (C=O) groups is 2. The van der Waals surface area contributed by atoms with Gasteiger partial charge in [0.15, 0.2) is 0 Å². The van der Waals surface area contributed by atoms with Crippen LogP contribution in [0.5, 0.6) is 0 Å². The Morgan fingerprint density at radius 1 is 1.05 bits per heavy atom. The standard InChI is InChI=1S/C15H14N2O3/c1-9-6-7-11(8-10(9)2)16-14(18)12-4-3-5-13(17-12)15(19)20/h3-8H,1-2H3,(H,16,18)(H,19,20). The van der Waals surface area contributed by atoms with E-state index in [4.69, 9.17) is 5.11 Å². The summed E-state index contributed by atoms with van der Waals surface area (Å²) in [5.41, 5.74) is 2.77. The van der Waals surface area contributed by atoms with Crippen molar-refractivity contribution in [2.75, 3.05) is 5.32 Å². The number of aryl methyl sites for hydroxylation is 2.